The summed E-state index contributed by atoms with van der Waals surface area (Å²) in [6.07, 6.45) is -5.96. The van der Waals surface area contributed by atoms with Crippen LogP contribution in [0.25, 0.3) is 6.08 Å². The van der Waals surface area contributed by atoms with Crippen molar-refractivity contribution in [3.05, 3.63) is 48.2 Å². The van der Waals surface area contributed by atoms with Crippen molar-refractivity contribution >= 4 is 12.0 Å². The van der Waals surface area contributed by atoms with E-state index in [2.05, 4.69) is 0 Å². The summed E-state index contributed by atoms with van der Waals surface area (Å²) in [6, 6.07) is 6.07. The quantitative estimate of drug-likeness (QED) is 0.173. The Balaban J connectivity index is 1.54. The van der Waals surface area contributed by atoms with Crippen molar-refractivity contribution in [2.45, 2.75) is 67.6 Å². The first kappa shape index (κ1) is 26.5. The monoisotopic (exact) mass is 510 g/mol. The Labute approximate surface area is 206 Å². The third-order valence-electron chi connectivity index (χ3n) is 6.86. The van der Waals surface area contributed by atoms with E-state index in [0.29, 0.717) is 5.56 Å². The van der Waals surface area contributed by atoms with Gasteiger partial charge in [-0.3, -0.25) is 0 Å². The third-order valence-corrected chi connectivity index (χ3v) is 6.86. The summed E-state index contributed by atoms with van der Waals surface area (Å²) in [7, 11) is 0. The van der Waals surface area contributed by atoms with E-state index in [-0.39, 0.29) is 12.2 Å². The predicted molar refractivity (Wildman–Crippen MR) is 120 cm³/mol. The molecule has 4 rings (SSSR count). The van der Waals surface area contributed by atoms with Crippen molar-refractivity contribution in [2.24, 2.45) is 5.92 Å². The van der Waals surface area contributed by atoms with E-state index in [1.807, 2.05) is 0 Å². The molecule has 2 heterocycles. The number of benzene rings is 1. The maximum atomic E-state index is 12.7. The van der Waals surface area contributed by atoms with Gasteiger partial charge < -0.3 is 54.7 Å². The number of aromatic hydroxyl groups is 1. The smallest absolute Gasteiger partial charge is 0.331 e. The highest BCUT2D eigenvalue weighted by atomic mass is 16.8. The van der Waals surface area contributed by atoms with Crippen molar-refractivity contribution in [1.82, 2.24) is 0 Å². The molecule has 12 nitrogen and oxygen atoms in total. The van der Waals surface area contributed by atoms with E-state index >= 15 is 0 Å². The summed E-state index contributed by atoms with van der Waals surface area (Å²) < 4.78 is 22.2. The molecule has 0 spiro atoms. The number of phenolic OH excluding ortho intramolecular Hbond substituents is 1. The van der Waals surface area contributed by atoms with Crippen molar-refractivity contribution < 1.29 is 59.5 Å². The standard InChI is InChI=1S/C24H30O12/c1-23(36-16(28)7-4-12-2-5-13(26)6-3-12)10-15(27)24(32)8-9-33-22(20(23)24)35-21-19(31)18(30)17(29)14(11-25)34-21/h2-9,14-15,17-22,25-27,29-32H,10-11H2,1H3/t14-,15-,17-,18+,19-,20-,21+,22+,23+,24-/m1/s1. The Morgan fingerprint density at radius 2 is 1.81 bits per heavy atom. The van der Waals surface area contributed by atoms with Gasteiger partial charge in [-0.15, -0.1) is 0 Å². The minimum absolute atomic E-state index is 0.0669. The fraction of sp³-hybridized carbons (Fsp3) is 0.542. The second kappa shape index (κ2) is 10.1. The number of hydrogen-bond acceptors (Lipinski definition) is 12. The molecule has 12 heteroatoms. The maximum Gasteiger partial charge on any atom is 0.331 e. The molecule has 0 unspecified atom stereocenters. The van der Waals surface area contributed by atoms with Gasteiger partial charge >= 0.3 is 5.97 Å². The molecule has 0 aromatic heterocycles. The van der Waals surface area contributed by atoms with Gasteiger partial charge in [0, 0.05) is 12.5 Å². The number of aliphatic hydroxyl groups is 6. The predicted octanol–water partition coefficient (Wildman–Crippen LogP) is -1.49. The molecule has 3 aliphatic rings. The van der Waals surface area contributed by atoms with Gasteiger partial charge in [0.25, 0.3) is 0 Å². The first-order valence-electron chi connectivity index (χ1n) is 11.4. The highest BCUT2D eigenvalue weighted by Gasteiger charge is 2.66. The van der Waals surface area contributed by atoms with Crippen molar-refractivity contribution in [3.8, 4) is 5.75 Å². The van der Waals surface area contributed by atoms with Gasteiger partial charge in [-0.1, -0.05) is 12.1 Å². The van der Waals surface area contributed by atoms with E-state index in [1.54, 1.807) is 12.1 Å². The number of carbonyl (C=O) groups excluding carboxylic acids is 1. The van der Waals surface area contributed by atoms with Gasteiger partial charge in [-0.25, -0.2) is 4.79 Å². The fourth-order valence-electron chi connectivity index (χ4n) is 4.94. The molecule has 1 aromatic rings. The number of esters is 1. The topological polar surface area (TPSA) is 196 Å². The zero-order valence-corrected chi connectivity index (χ0v) is 19.3. The molecular formula is C24H30O12. The average molecular weight is 510 g/mol. The van der Waals surface area contributed by atoms with E-state index in [4.69, 9.17) is 18.9 Å². The van der Waals surface area contributed by atoms with Gasteiger partial charge in [0.2, 0.25) is 6.29 Å². The Morgan fingerprint density at radius 3 is 2.47 bits per heavy atom. The molecule has 7 N–H and O–H groups in total. The lowest BCUT2D eigenvalue weighted by Crippen LogP contribution is -2.62. The van der Waals surface area contributed by atoms with Crippen LogP contribution in [0.4, 0.5) is 0 Å². The SMILES string of the molecule is C[C@]1(OC(=O)C=Cc2ccc(O)cc2)C[C@@H](O)[C@]2(O)C=CO[C@@H](O[C@@H]3O[C@H](CO)[C@@H](O)[C@H](O)[C@H]3O)[C@@H]21. The van der Waals surface area contributed by atoms with Crippen LogP contribution < -0.4 is 0 Å². The van der Waals surface area contributed by atoms with Crippen molar-refractivity contribution in [3.63, 3.8) is 0 Å². The Hall–Kier alpha value is -2.55. The average Bonchev–Trinajstić information content (AvgIpc) is 3.04. The summed E-state index contributed by atoms with van der Waals surface area (Å²) in [4.78, 5) is 12.7. The number of fused-ring (bicyclic) bond motifs is 1. The van der Waals surface area contributed by atoms with E-state index < -0.39 is 72.8 Å². The molecule has 1 aliphatic carbocycles. The molecule has 0 radical (unpaired) electrons. The summed E-state index contributed by atoms with van der Waals surface area (Å²) in [5, 5.41) is 71.1. The Bertz CT molecular complexity index is 993. The molecule has 198 valence electrons. The number of aliphatic hydroxyl groups excluding tert-OH is 5. The largest absolute Gasteiger partial charge is 0.508 e. The van der Waals surface area contributed by atoms with Crippen LogP contribution in [0.3, 0.4) is 0 Å². The van der Waals surface area contributed by atoms with Crippen molar-refractivity contribution in [2.75, 3.05) is 6.61 Å². The zero-order valence-electron chi connectivity index (χ0n) is 19.3. The summed E-state index contributed by atoms with van der Waals surface area (Å²) in [5.74, 6) is -1.93. The van der Waals surface area contributed by atoms with E-state index in [1.165, 1.54) is 31.2 Å². The molecule has 1 aromatic carbocycles. The molecule has 2 aliphatic heterocycles. The maximum absolute atomic E-state index is 12.7. The minimum Gasteiger partial charge on any atom is -0.508 e. The zero-order chi connectivity index (χ0) is 26.3. The molecule has 0 bridgehead atoms. The highest BCUT2D eigenvalue weighted by molar-refractivity contribution is 5.87. The van der Waals surface area contributed by atoms with Crippen LogP contribution in [0.5, 0.6) is 5.75 Å². The Kier molecular flexibility index (Phi) is 7.42. The van der Waals surface area contributed by atoms with Crippen LogP contribution in [0, 0.1) is 5.92 Å². The second-order valence-corrected chi connectivity index (χ2v) is 9.38. The number of phenols is 1. The van der Waals surface area contributed by atoms with Crippen LogP contribution in [0.1, 0.15) is 18.9 Å². The molecule has 10 atom stereocenters. The summed E-state index contributed by atoms with van der Waals surface area (Å²) in [5.41, 5.74) is -2.84. The van der Waals surface area contributed by atoms with Gasteiger partial charge in [0.1, 0.15) is 41.4 Å². The lowest BCUT2D eigenvalue weighted by Gasteiger charge is -2.45. The third kappa shape index (κ3) is 4.86. The number of ether oxygens (including phenoxy) is 4. The first-order chi connectivity index (χ1) is 17.0. The summed E-state index contributed by atoms with van der Waals surface area (Å²) >= 11 is 0. The van der Waals surface area contributed by atoms with Gasteiger partial charge in [-0.05, 0) is 36.8 Å². The Morgan fingerprint density at radius 1 is 1.11 bits per heavy atom. The number of hydrogen-bond donors (Lipinski definition) is 7. The first-order valence-corrected chi connectivity index (χ1v) is 11.4. The lowest BCUT2D eigenvalue weighted by molar-refractivity contribution is -0.351. The fourth-order valence-corrected chi connectivity index (χ4v) is 4.94. The van der Waals surface area contributed by atoms with E-state index in [0.717, 1.165) is 12.3 Å². The molecule has 2 fully saturated rings. The number of carbonyl (C=O) groups is 1. The molecule has 36 heavy (non-hydrogen) atoms. The number of rotatable bonds is 6. The molecular weight excluding hydrogens is 480 g/mol. The lowest BCUT2D eigenvalue weighted by atomic mass is 9.81. The molecule has 1 saturated carbocycles. The van der Waals surface area contributed by atoms with Gasteiger partial charge in [0.05, 0.1) is 24.9 Å². The summed E-state index contributed by atoms with van der Waals surface area (Å²) in [6.45, 7) is 0.808. The minimum atomic E-state index is -1.94. The molecule has 1 saturated heterocycles. The van der Waals surface area contributed by atoms with Gasteiger partial charge in [0.15, 0.2) is 6.29 Å². The normalized spacial score (nSPS) is 42.2. The van der Waals surface area contributed by atoms with Crippen LogP contribution in [0.15, 0.2) is 42.7 Å². The van der Waals surface area contributed by atoms with Gasteiger partial charge in [-0.2, -0.15) is 0 Å². The van der Waals surface area contributed by atoms with Crippen LogP contribution in [0.2, 0.25) is 0 Å². The molecule has 0 amide bonds. The van der Waals surface area contributed by atoms with Crippen molar-refractivity contribution in [1.29, 1.82) is 0 Å². The van der Waals surface area contributed by atoms with E-state index in [9.17, 15) is 40.5 Å². The second-order valence-electron chi connectivity index (χ2n) is 9.38. The van der Waals surface area contributed by atoms with Crippen LogP contribution >= 0.6 is 0 Å². The van der Waals surface area contributed by atoms with Crippen LogP contribution in [-0.4, -0.2) is 103 Å². The highest BCUT2D eigenvalue weighted by Crippen LogP contribution is 2.51. The van der Waals surface area contributed by atoms with Crippen LogP contribution in [-0.2, 0) is 23.7 Å².